The van der Waals surface area contributed by atoms with Crippen molar-refractivity contribution < 1.29 is 9.90 Å². The minimum absolute atomic E-state index is 0.331. The van der Waals surface area contributed by atoms with Gasteiger partial charge in [0.15, 0.2) is 11.5 Å². The van der Waals surface area contributed by atoms with E-state index >= 15 is 0 Å². The molecule has 0 amide bonds. The van der Waals surface area contributed by atoms with Crippen LogP contribution in [0.5, 0.6) is 0 Å². The lowest BCUT2D eigenvalue weighted by atomic mass is 9.98. The number of nitrogens with one attached hydrogen (secondary N) is 1. The number of fused-ring (bicyclic) bond motifs is 1. The summed E-state index contributed by atoms with van der Waals surface area (Å²) in [6.45, 7) is 1.33. The van der Waals surface area contributed by atoms with E-state index in [-0.39, 0.29) is 5.92 Å². The molecule has 4 heterocycles. The summed E-state index contributed by atoms with van der Waals surface area (Å²) in [5.74, 6) is 1.05. The average molecular weight is 363 g/mol. The van der Waals surface area contributed by atoms with Crippen LogP contribution in [0.25, 0.3) is 22.7 Å². The van der Waals surface area contributed by atoms with Crippen LogP contribution in [-0.4, -0.2) is 44.1 Å². The van der Waals surface area contributed by atoms with E-state index < -0.39 is 5.97 Å². The summed E-state index contributed by atoms with van der Waals surface area (Å²) in [6.07, 6.45) is 4.03. The first kappa shape index (κ1) is 16.2. The van der Waals surface area contributed by atoms with Gasteiger partial charge in [-0.25, -0.2) is 15.0 Å². The van der Waals surface area contributed by atoms with Gasteiger partial charge in [0.05, 0.1) is 5.92 Å². The molecule has 1 aliphatic heterocycles. The first-order chi connectivity index (χ1) is 13.2. The fraction of sp³-hybridized carbons (Fsp3) is 0.400. The van der Waals surface area contributed by atoms with E-state index in [2.05, 4.69) is 16.0 Å². The molecule has 2 fully saturated rings. The molecule has 0 aromatic carbocycles. The largest absolute Gasteiger partial charge is 0.481 e. The smallest absolute Gasteiger partial charge is 0.308 e. The number of nitrogens with zero attached hydrogens (tertiary/aromatic N) is 4. The van der Waals surface area contributed by atoms with Gasteiger partial charge < -0.3 is 15.0 Å². The number of carbonyl (C=O) groups is 1. The minimum atomic E-state index is -0.730. The lowest BCUT2D eigenvalue weighted by Crippen LogP contribution is -2.39. The molecule has 1 atom stereocenters. The van der Waals surface area contributed by atoms with Gasteiger partial charge in [-0.15, -0.1) is 0 Å². The SMILES string of the molecule is O=C(O)C1CCCN(c2ccc3nc(-c4cccc(C5CC5)n4)[nH]c3n2)C1. The number of hydrogen-bond acceptors (Lipinski definition) is 5. The number of rotatable bonds is 4. The van der Waals surface area contributed by atoms with Gasteiger partial charge in [0.25, 0.3) is 0 Å². The molecule has 2 N–H and O–H groups in total. The van der Waals surface area contributed by atoms with Crippen LogP contribution in [0.4, 0.5) is 5.82 Å². The Morgan fingerprint density at radius 1 is 1.11 bits per heavy atom. The van der Waals surface area contributed by atoms with Gasteiger partial charge in [-0.1, -0.05) is 6.07 Å². The van der Waals surface area contributed by atoms with Crippen LogP contribution in [0.15, 0.2) is 30.3 Å². The van der Waals surface area contributed by atoms with Crippen molar-refractivity contribution in [3.05, 3.63) is 36.0 Å². The highest BCUT2D eigenvalue weighted by Gasteiger charge is 2.27. The van der Waals surface area contributed by atoms with Crippen molar-refractivity contribution in [3.8, 4) is 11.5 Å². The van der Waals surface area contributed by atoms with Crippen molar-refractivity contribution in [1.29, 1.82) is 0 Å². The van der Waals surface area contributed by atoms with Crippen LogP contribution in [0.2, 0.25) is 0 Å². The summed E-state index contributed by atoms with van der Waals surface area (Å²) in [6, 6.07) is 9.93. The van der Waals surface area contributed by atoms with Crippen LogP contribution in [0, 0.1) is 5.92 Å². The Labute approximate surface area is 156 Å². The number of H-pyrrole nitrogens is 1. The van der Waals surface area contributed by atoms with Crippen molar-refractivity contribution in [2.45, 2.75) is 31.6 Å². The monoisotopic (exact) mass is 363 g/mol. The van der Waals surface area contributed by atoms with Gasteiger partial charge in [0.1, 0.15) is 17.0 Å². The summed E-state index contributed by atoms with van der Waals surface area (Å²) < 4.78 is 0. The van der Waals surface area contributed by atoms with E-state index in [9.17, 15) is 9.90 Å². The van der Waals surface area contributed by atoms with E-state index in [0.29, 0.717) is 18.1 Å². The van der Waals surface area contributed by atoms with Gasteiger partial charge in [-0.05, 0) is 49.9 Å². The van der Waals surface area contributed by atoms with Gasteiger partial charge in [0, 0.05) is 24.7 Å². The number of carboxylic acid groups (broad SMARTS) is 1. The Hall–Kier alpha value is -2.96. The highest BCUT2D eigenvalue weighted by atomic mass is 16.4. The third-order valence-electron chi connectivity index (χ3n) is 5.43. The van der Waals surface area contributed by atoms with E-state index in [4.69, 9.17) is 9.97 Å². The lowest BCUT2D eigenvalue weighted by Gasteiger charge is -2.31. The standard InChI is InChI=1S/C20H21N5O2/c26-20(27)13-3-2-10-25(11-13)17-9-8-16-19(23-17)24-18(22-16)15-5-1-4-14(21-15)12-6-7-12/h1,4-5,8-9,12-13H,2-3,6-7,10-11H2,(H,26,27)(H,22,23,24). The molecule has 0 bridgehead atoms. The van der Waals surface area contributed by atoms with Crippen LogP contribution >= 0.6 is 0 Å². The molecule has 1 saturated heterocycles. The molecule has 27 heavy (non-hydrogen) atoms. The Balaban J connectivity index is 1.44. The second kappa shape index (κ2) is 6.33. The fourth-order valence-corrected chi connectivity index (χ4v) is 3.76. The van der Waals surface area contributed by atoms with Crippen LogP contribution < -0.4 is 4.90 Å². The number of aromatic amines is 1. The molecule has 1 saturated carbocycles. The summed E-state index contributed by atoms with van der Waals surface area (Å²) >= 11 is 0. The maximum atomic E-state index is 11.3. The zero-order chi connectivity index (χ0) is 18.4. The van der Waals surface area contributed by atoms with Crippen molar-refractivity contribution in [2.24, 2.45) is 5.92 Å². The summed E-state index contributed by atoms with van der Waals surface area (Å²) in [5.41, 5.74) is 3.47. The molecule has 7 nitrogen and oxygen atoms in total. The molecule has 2 aliphatic rings. The average Bonchev–Trinajstić information content (AvgIpc) is 3.46. The molecule has 7 heteroatoms. The molecule has 1 aliphatic carbocycles. The molecular weight excluding hydrogens is 342 g/mol. The molecule has 3 aromatic heterocycles. The molecule has 138 valence electrons. The zero-order valence-corrected chi connectivity index (χ0v) is 14.9. The van der Waals surface area contributed by atoms with Gasteiger partial charge in [-0.2, -0.15) is 0 Å². The van der Waals surface area contributed by atoms with Gasteiger partial charge in [-0.3, -0.25) is 4.79 Å². The maximum absolute atomic E-state index is 11.3. The normalized spacial score (nSPS) is 20.1. The number of anilines is 1. The Morgan fingerprint density at radius 3 is 2.81 bits per heavy atom. The van der Waals surface area contributed by atoms with Crippen molar-refractivity contribution in [1.82, 2.24) is 19.9 Å². The second-order valence-electron chi connectivity index (χ2n) is 7.47. The third-order valence-corrected chi connectivity index (χ3v) is 5.43. The Bertz CT molecular complexity index is 1010. The predicted molar refractivity (Wildman–Crippen MR) is 102 cm³/mol. The predicted octanol–water partition coefficient (Wildman–Crippen LogP) is 3.20. The first-order valence-electron chi connectivity index (χ1n) is 9.49. The van der Waals surface area contributed by atoms with Crippen LogP contribution in [0.3, 0.4) is 0 Å². The molecule has 5 rings (SSSR count). The second-order valence-corrected chi connectivity index (χ2v) is 7.47. The highest BCUT2D eigenvalue weighted by molar-refractivity contribution is 5.77. The number of piperidine rings is 1. The summed E-state index contributed by atoms with van der Waals surface area (Å²) in [5, 5.41) is 9.30. The number of aliphatic carboxylic acids is 1. The summed E-state index contributed by atoms with van der Waals surface area (Å²) in [4.78, 5) is 30.7. The zero-order valence-electron chi connectivity index (χ0n) is 14.9. The quantitative estimate of drug-likeness (QED) is 0.739. The van der Waals surface area contributed by atoms with E-state index in [1.165, 1.54) is 12.8 Å². The minimum Gasteiger partial charge on any atom is -0.481 e. The molecule has 0 radical (unpaired) electrons. The maximum Gasteiger partial charge on any atom is 0.308 e. The molecule has 0 spiro atoms. The number of imidazole rings is 1. The topological polar surface area (TPSA) is 95.0 Å². The summed E-state index contributed by atoms with van der Waals surface area (Å²) in [7, 11) is 0. The Kier molecular flexibility index (Phi) is 3.81. The van der Waals surface area contributed by atoms with E-state index in [0.717, 1.165) is 47.9 Å². The number of pyridine rings is 2. The molecular formula is C20H21N5O2. The molecule has 1 unspecified atom stereocenters. The van der Waals surface area contributed by atoms with Crippen LogP contribution in [0.1, 0.15) is 37.3 Å². The third kappa shape index (κ3) is 3.13. The number of aromatic nitrogens is 4. The molecule has 3 aromatic rings. The van der Waals surface area contributed by atoms with E-state index in [1.54, 1.807) is 0 Å². The van der Waals surface area contributed by atoms with Crippen molar-refractivity contribution >= 4 is 23.0 Å². The Morgan fingerprint density at radius 2 is 2.00 bits per heavy atom. The van der Waals surface area contributed by atoms with E-state index in [1.807, 2.05) is 29.2 Å². The van der Waals surface area contributed by atoms with Gasteiger partial charge >= 0.3 is 5.97 Å². The van der Waals surface area contributed by atoms with Crippen LogP contribution in [-0.2, 0) is 4.79 Å². The fourth-order valence-electron chi connectivity index (χ4n) is 3.76. The highest BCUT2D eigenvalue weighted by Crippen LogP contribution is 2.39. The van der Waals surface area contributed by atoms with Crippen molar-refractivity contribution in [2.75, 3.05) is 18.0 Å². The van der Waals surface area contributed by atoms with Gasteiger partial charge in [0.2, 0.25) is 0 Å². The first-order valence-corrected chi connectivity index (χ1v) is 9.49. The van der Waals surface area contributed by atoms with Crippen molar-refractivity contribution in [3.63, 3.8) is 0 Å². The lowest BCUT2D eigenvalue weighted by molar-refractivity contribution is -0.141. The number of hydrogen-bond donors (Lipinski definition) is 2. The number of carboxylic acids is 1.